The maximum absolute atomic E-state index is 11.1. The van der Waals surface area contributed by atoms with Gasteiger partial charge in [-0.15, -0.1) is 0 Å². The SMILES string of the molecule is CC(C(N)=O)N1CCOCC1=O. The van der Waals surface area contributed by atoms with Gasteiger partial charge in [0.05, 0.1) is 6.61 Å². The van der Waals surface area contributed by atoms with Crippen molar-refractivity contribution in [3.05, 3.63) is 0 Å². The molecule has 2 N–H and O–H groups in total. The van der Waals surface area contributed by atoms with Gasteiger partial charge in [-0.2, -0.15) is 0 Å². The van der Waals surface area contributed by atoms with Crippen LogP contribution in [-0.4, -0.2) is 42.5 Å². The molecule has 2 amide bonds. The van der Waals surface area contributed by atoms with Crippen LogP contribution in [0.4, 0.5) is 0 Å². The predicted octanol–water partition coefficient (Wildman–Crippen LogP) is -1.28. The zero-order valence-corrected chi connectivity index (χ0v) is 6.95. The first-order chi connectivity index (χ1) is 5.63. The van der Waals surface area contributed by atoms with Crippen molar-refractivity contribution in [1.29, 1.82) is 0 Å². The molecule has 1 saturated heterocycles. The number of carbonyl (C=O) groups excluding carboxylic acids is 2. The molecular formula is C7H12N2O3. The van der Waals surface area contributed by atoms with Gasteiger partial charge in [0.25, 0.3) is 0 Å². The Morgan fingerprint density at radius 3 is 2.92 bits per heavy atom. The third kappa shape index (κ3) is 1.73. The fraction of sp³-hybridized carbons (Fsp3) is 0.714. The summed E-state index contributed by atoms with van der Waals surface area (Å²) in [4.78, 5) is 23.3. The number of nitrogens with two attached hydrogens (primary N) is 1. The van der Waals surface area contributed by atoms with Crippen LogP contribution in [0.1, 0.15) is 6.92 Å². The molecule has 12 heavy (non-hydrogen) atoms. The number of amides is 2. The third-order valence-electron chi connectivity index (χ3n) is 1.90. The highest BCUT2D eigenvalue weighted by Gasteiger charge is 2.26. The van der Waals surface area contributed by atoms with Crippen LogP contribution in [0, 0.1) is 0 Å². The topological polar surface area (TPSA) is 72.6 Å². The normalized spacial score (nSPS) is 20.8. The molecule has 0 aromatic rings. The predicted molar refractivity (Wildman–Crippen MR) is 41.2 cm³/mol. The first-order valence-electron chi connectivity index (χ1n) is 3.79. The van der Waals surface area contributed by atoms with Crippen LogP contribution in [0.3, 0.4) is 0 Å². The minimum absolute atomic E-state index is 0.0532. The monoisotopic (exact) mass is 172 g/mol. The van der Waals surface area contributed by atoms with E-state index in [2.05, 4.69) is 0 Å². The quantitative estimate of drug-likeness (QED) is 0.563. The van der Waals surface area contributed by atoms with E-state index in [1.807, 2.05) is 0 Å². The second-order valence-electron chi connectivity index (χ2n) is 2.72. The van der Waals surface area contributed by atoms with E-state index in [4.69, 9.17) is 10.5 Å². The number of morpholine rings is 1. The van der Waals surface area contributed by atoms with E-state index < -0.39 is 11.9 Å². The van der Waals surface area contributed by atoms with Crippen LogP contribution in [0.15, 0.2) is 0 Å². The van der Waals surface area contributed by atoms with Crippen molar-refractivity contribution in [2.75, 3.05) is 19.8 Å². The summed E-state index contributed by atoms with van der Waals surface area (Å²) in [7, 11) is 0. The molecule has 1 fully saturated rings. The summed E-state index contributed by atoms with van der Waals surface area (Å²) in [6, 6.07) is -0.526. The lowest BCUT2D eigenvalue weighted by molar-refractivity contribution is -0.149. The zero-order valence-electron chi connectivity index (χ0n) is 6.95. The van der Waals surface area contributed by atoms with Gasteiger partial charge in [-0.25, -0.2) is 0 Å². The third-order valence-corrected chi connectivity index (χ3v) is 1.90. The van der Waals surface area contributed by atoms with Crippen molar-refractivity contribution < 1.29 is 14.3 Å². The summed E-state index contributed by atoms with van der Waals surface area (Å²) in [5, 5.41) is 0. The summed E-state index contributed by atoms with van der Waals surface area (Å²) >= 11 is 0. The average molecular weight is 172 g/mol. The summed E-state index contributed by atoms with van der Waals surface area (Å²) in [5.41, 5.74) is 5.06. The Bertz CT molecular complexity index is 205. The summed E-state index contributed by atoms with van der Waals surface area (Å²) in [6.45, 7) is 2.59. The van der Waals surface area contributed by atoms with Gasteiger partial charge in [0, 0.05) is 6.54 Å². The number of primary amides is 1. The Labute approximate surface area is 70.5 Å². The molecule has 0 spiro atoms. The second-order valence-corrected chi connectivity index (χ2v) is 2.72. The second kappa shape index (κ2) is 3.53. The molecule has 5 heteroatoms. The molecule has 0 aromatic carbocycles. The Balaban J connectivity index is 2.59. The highest BCUT2D eigenvalue weighted by molar-refractivity contribution is 5.87. The van der Waals surface area contributed by atoms with Gasteiger partial charge in [-0.05, 0) is 6.92 Å². The van der Waals surface area contributed by atoms with Gasteiger partial charge in [0.1, 0.15) is 12.6 Å². The van der Waals surface area contributed by atoms with Gasteiger partial charge >= 0.3 is 0 Å². The zero-order chi connectivity index (χ0) is 9.14. The molecule has 5 nitrogen and oxygen atoms in total. The highest BCUT2D eigenvalue weighted by atomic mass is 16.5. The Morgan fingerprint density at radius 1 is 1.75 bits per heavy atom. The first-order valence-corrected chi connectivity index (χ1v) is 3.79. The molecule has 1 unspecified atom stereocenters. The van der Waals surface area contributed by atoms with Gasteiger partial charge in [-0.1, -0.05) is 0 Å². The van der Waals surface area contributed by atoms with Crippen LogP contribution < -0.4 is 5.73 Å². The molecule has 1 aliphatic heterocycles. The minimum Gasteiger partial charge on any atom is -0.370 e. The van der Waals surface area contributed by atoms with E-state index in [1.54, 1.807) is 6.92 Å². The molecular weight excluding hydrogens is 160 g/mol. The molecule has 1 heterocycles. The van der Waals surface area contributed by atoms with E-state index in [0.29, 0.717) is 13.2 Å². The van der Waals surface area contributed by atoms with Crippen molar-refractivity contribution in [1.82, 2.24) is 4.90 Å². The van der Waals surface area contributed by atoms with Crippen LogP contribution in [0.5, 0.6) is 0 Å². The number of ether oxygens (including phenoxy) is 1. The summed E-state index contributed by atoms with van der Waals surface area (Å²) in [6.07, 6.45) is 0. The van der Waals surface area contributed by atoms with Crippen molar-refractivity contribution in [3.8, 4) is 0 Å². The average Bonchev–Trinajstić information content (AvgIpc) is 2.04. The van der Waals surface area contributed by atoms with Gasteiger partial charge in [-0.3, -0.25) is 9.59 Å². The summed E-state index contributed by atoms with van der Waals surface area (Å²) in [5.74, 6) is -0.655. The molecule has 0 aliphatic carbocycles. The molecule has 0 aromatic heterocycles. The maximum Gasteiger partial charge on any atom is 0.249 e. The van der Waals surface area contributed by atoms with Crippen molar-refractivity contribution in [2.45, 2.75) is 13.0 Å². The fourth-order valence-electron chi connectivity index (χ4n) is 1.09. The lowest BCUT2D eigenvalue weighted by Crippen LogP contribution is -2.51. The smallest absolute Gasteiger partial charge is 0.249 e. The largest absolute Gasteiger partial charge is 0.370 e. The van der Waals surface area contributed by atoms with Gasteiger partial charge in [0.2, 0.25) is 11.8 Å². The van der Waals surface area contributed by atoms with Gasteiger partial charge in [0.15, 0.2) is 0 Å². The number of rotatable bonds is 2. The van der Waals surface area contributed by atoms with Crippen LogP contribution in [0.25, 0.3) is 0 Å². The van der Waals surface area contributed by atoms with Crippen LogP contribution in [-0.2, 0) is 14.3 Å². The van der Waals surface area contributed by atoms with Crippen molar-refractivity contribution in [3.63, 3.8) is 0 Å². The van der Waals surface area contributed by atoms with E-state index in [-0.39, 0.29) is 12.5 Å². The fourth-order valence-corrected chi connectivity index (χ4v) is 1.09. The van der Waals surface area contributed by atoms with Gasteiger partial charge < -0.3 is 15.4 Å². The van der Waals surface area contributed by atoms with Crippen LogP contribution >= 0.6 is 0 Å². The Kier molecular flexibility index (Phi) is 2.65. The van der Waals surface area contributed by atoms with Crippen LogP contribution in [0.2, 0.25) is 0 Å². The van der Waals surface area contributed by atoms with E-state index >= 15 is 0 Å². The minimum atomic E-state index is -0.526. The molecule has 0 saturated carbocycles. The molecule has 1 atom stereocenters. The van der Waals surface area contributed by atoms with Crippen molar-refractivity contribution >= 4 is 11.8 Å². The number of hydrogen-bond acceptors (Lipinski definition) is 3. The first kappa shape index (κ1) is 8.99. The number of hydrogen-bond donors (Lipinski definition) is 1. The van der Waals surface area contributed by atoms with Crippen molar-refractivity contribution in [2.24, 2.45) is 5.73 Å². The lowest BCUT2D eigenvalue weighted by Gasteiger charge is -2.30. The molecule has 1 rings (SSSR count). The standard InChI is InChI=1S/C7H12N2O3/c1-5(7(8)11)9-2-3-12-4-6(9)10/h5H,2-4H2,1H3,(H2,8,11). The number of nitrogens with zero attached hydrogens (tertiary/aromatic N) is 1. The molecule has 1 aliphatic rings. The van der Waals surface area contributed by atoms with E-state index in [1.165, 1.54) is 4.90 Å². The maximum atomic E-state index is 11.1. The molecule has 0 radical (unpaired) electrons. The Hall–Kier alpha value is -1.10. The molecule has 68 valence electrons. The lowest BCUT2D eigenvalue weighted by atomic mass is 10.2. The Morgan fingerprint density at radius 2 is 2.42 bits per heavy atom. The number of carbonyl (C=O) groups is 2. The van der Waals surface area contributed by atoms with E-state index in [9.17, 15) is 9.59 Å². The highest BCUT2D eigenvalue weighted by Crippen LogP contribution is 2.03. The molecule has 0 bridgehead atoms. The summed E-state index contributed by atoms with van der Waals surface area (Å²) < 4.78 is 4.90. The van der Waals surface area contributed by atoms with E-state index in [0.717, 1.165) is 0 Å².